The van der Waals surface area contributed by atoms with E-state index in [0.717, 1.165) is 90.7 Å². The van der Waals surface area contributed by atoms with Crippen molar-refractivity contribution >= 4 is 57.5 Å². The van der Waals surface area contributed by atoms with Crippen LogP contribution in [0.5, 0.6) is 0 Å². The van der Waals surface area contributed by atoms with Crippen LogP contribution in [-0.2, 0) is 9.53 Å². The van der Waals surface area contributed by atoms with Crippen molar-refractivity contribution in [3.05, 3.63) is 99.4 Å². The van der Waals surface area contributed by atoms with E-state index in [0.29, 0.717) is 45.9 Å². The lowest BCUT2D eigenvalue weighted by molar-refractivity contribution is -0.136. The number of halogens is 3. The molecule has 2 aromatic heterocycles. The molecule has 0 bridgehead atoms. The fraction of sp³-hybridized carbons (Fsp3) is 0.375. The van der Waals surface area contributed by atoms with Gasteiger partial charge in [-0.2, -0.15) is 0 Å². The minimum Gasteiger partial charge on any atom is -0.379 e. The number of nitrogens with zero attached hydrogens (tertiary/aromatic N) is 3. The molecule has 3 aliphatic rings. The van der Waals surface area contributed by atoms with E-state index >= 15 is 0 Å². The number of nitrogens with one attached hydrogen (secondary N) is 3. The molecule has 8 rings (SSSR count). The summed E-state index contributed by atoms with van der Waals surface area (Å²) in [6, 6.07) is 21.3. The molecular formula is C40H43Cl3N6O3. The quantitative estimate of drug-likeness (QED) is 0.154. The number of piperidine rings is 2. The van der Waals surface area contributed by atoms with E-state index in [9.17, 15) is 9.59 Å². The highest BCUT2D eigenvalue weighted by Gasteiger charge is 2.30. The van der Waals surface area contributed by atoms with E-state index < -0.39 is 0 Å². The number of benzene rings is 3. The van der Waals surface area contributed by atoms with Crippen LogP contribution < -0.4 is 10.6 Å². The Kier molecular flexibility index (Phi) is 11.5. The molecular weight excluding hydrogens is 719 g/mol. The van der Waals surface area contributed by atoms with Gasteiger partial charge in [0.15, 0.2) is 0 Å². The van der Waals surface area contributed by atoms with Gasteiger partial charge in [0.25, 0.3) is 5.91 Å². The lowest BCUT2D eigenvalue weighted by Crippen LogP contribution is -2.47. The Bertz CT molecular complexity index is 2040. The van der Waals surface area contributed by atoms with E-state index in [2.05, 4.69) is 32.0 Å². The predicted molar refractivity (Wildman–Crippen MR) is 208 cm³/mol. The number of fused-ring (bicyclic) bond motifs is 1. The normalized spacial score (nSPS) is 18.7. The van der Waals surface area contributed by atoms with Crippen LogP contribution in [0.15, 0.2) is 73.1 Å². The second-order valence-electron chi connectivity index (χ2n) is 13.7. The predicted octanol–water partition coefficient (Wildman–Crippen LogP) is 8.54. The Morgan fingerprint density at radius 2 is 1.75 bits per heavy atom. The van der Waals surface area contributed by atoms with Gasteiger partial charge in [-0.1, -0.05) is 77.3 Å². The molecule has 2 atom stereocenters. The Labute approximate surface area is 319 Å². The van der Waals surface area contributed by atoms with Gasteiger partial charge in [-0.15, -0.1) is 0 Å². The molecule has 0 spiro atoms. The van der Waals surface area contributed by atoms with E-state index in [4.69, 9.17) is 44.5 Å². The number of aromatic amines is 1. The highest BCUT2D eigenvalue weighted by Crippen LogP contribution is 2.42. The van der Waals surface area contributed by atoms with E-state index in [-0.39, 0.29) is 18.0 Å². The zero-order chi connectivity index (χ0) is 36.2. The highest BCUT2D eigenvalue weighted by molar-refractivity contribution is 6.35. The summed E-state index contributed by atoms with van der Waals surface area (Å²) in [5, 5.41) is 9.02. The summed E-state index contributed by atoms with van der Waals surface area (Å²) >= 11 is 19.2. The van der Waals surface area contributed by atoms with Gasteiger partial charge >= 0.3 is 0 Å². The molecule has 2 amide bonds. The molecule has 3 aromatic carbocycles. The third kappa shape index (κ3) is 7.89. The molecule has 2 unspecified atom stereocenters. The Morgan fingerprint density at radius 1 is 0.981 bits per heavy atom. The van der Waals surface area contributed by atoms with Crippen LogP contribution in [0.2, 0.25) is 15.1 Å². The first-order valence-corrected chi connectivity index (χ1v) is 19.2. The number of hydrogen-bond donors (Lipinski definition) is 3. The third-order valence-electron chi connectivity index (χ3n) is 10.3. The minimum atomic E-state index is -0.217. The van der Waals surface area contributed by atoms with Crippen LogP contribution in [0.4, 0.5) is 0 Å². The fourth-order valence-corrected chi connectivity index (χ4v) is 8.26. The number of amides is 2. The van der Waals surface area contributed by atoms with Crippen molar-refractivity contribution in [2.75, 3.05) is 32.8 Å². The fourth-order valence-electron chi connectivity index (χ4n) is 7.52. The number of carbonyl (C=O) groups excluding carboxylic acids is 2. The molecule has 5 heterocycles. The number of H-pyrrole nitrogens is 1. The maximum atomic E-state index is 13.8. The van der Waals surface area contributed by atoms with Gasteiger partial charge in [-0.05, 0) is 81.9 Å². The standard InChI is InChI=1S/C30H25Cl3N4O2.C10H18N2O/c1-17(22-9-7-19(31)13-24(22)33)37-16-34-27(18-5-3-2-4-6-18)29(37)26-23-10-8-20(32)14-25(23)36-28(26)30(38)35-21-11-12-39-15-21;13-10-3-1-2-8-12(10)9-4-6-11-7-5-9/h2-10,13-14,16-17,21,36H,11-12,15H2,1H3,(H,35,38);9,11H,1-8H2. The molecule has 3 N–H and O–H groups in total. The molecule has 3 saturated heterocycles. The summed E-state index contributed by atoms with van der Waals surface area (Å²) in [5.74, 6) is 0.176. The molecule has 3 aliphatic heterocycles. The molecule has 0 saturated carbocycles. The van der Waals surface area contributed by atoms with Crippen molar-refractivity contribution in [3.63, 3.8) is 0 Å². The first-order valence-electron chi connectivity index (χ1n) is 18.1. The molecule has 0 aliphatic carbocycles. The van der Waals surface area contributed by atoms with E-state index in [1.54, 1.807) is 12.4 Å². The number of ether oxygens (including phenoxy) is 1. The maximum absolute atomic E-state index is 13.8. The summed E-state index contributed by atoms with van der Waals surface area (Å²) in [6.45, 7) is 6.33. The number of carbonyl (C=O) groups is 2. The van der Waals surface area contributed by atoms with Crippen LogP contribution in [0.1, 0.15) is 67.5 Å². The molecule has 52 heavy (non-hydrogen) atoms. The van der Waals surface area contributed by atoms with Crippen molar-refractivity contribution in [2.45, 2.75) is 63.6 Å². The zero-order valence-electron chi connectivity index (χ0n) is 29.1. The third-order valence-corrected chi connectivity index (χ3v) is 11.1. The van der Waals surface area contributed by atoms with Crippen LogP contribution >= 0.6 is 34.8 Å². The monoisotopic (exact) mass is 760 g/mol. The van der Waals surface area contributed by atoms with Crippen molar-refractivity contribution in [3.8, 4) is 22.5 Å². The topological polar surface area (TPSA) is 104 Å². The zero-order valence-corrected chi connectivity index (χ0v) is 31.4. The smallest absolute Gasteiger partial charge is 0.268 e. The largest absolute Gasteiger partial charge is 0.379 e. The summed E-state index contributed by atoms with van der Waals surface area (Å²) in [5.41, 5.74) is 5.30. The van der Waals surface area contributed by atoms with Gasteiger partial charge in [0.05, 0.1) is 36.4 Å². The molecule has 9 nitrogen and oxygen atoms in total. The minimum absolute atomic E-state index is 0.0503. The van der Waals surface area contributed by atoms with Gasteiger partial charge in [0, 0.05) is 62.7 Å². The summed E-state index contributed by atoms with van der Waals surface area (Å²) < 4.78 is 7.55. The molecule has 272 valence electrons. The van der Waals surface area contributed by atoms with E-state index in [1.807, 2.05) is 60.7 Å². The Morgan fingerprint density at radius 3 is 2.48 bits per heavy atom. The van der Waals surface area contributed by atoms with Gasteiger partial charge < -0.3 is 29.8 Å². The van der Waals surface area contributed by atoms with Crippen LogP contribution in [-0.4, -0.2) is 76.2 Å². The summed E-state index contributed by atoms with van der Waals surface area (Å²) in [6.07, 6.45) is 7.94. The average Bonchev–Trinajstić information content (AvgIpc) is 3.91. The van der Waals surface area contributed by atoms with Gasteiger partial charge in [-0.3, -0.25) is 9.59 Å². The van der Waals surface area contributed by atoms with Crippen LogP contribution in [0, 0.1) is 0 Å². The van der Waals surface area contributed by atoms with Gasteiger partial charge in [0.1, 0.15) is 5.69 Å². The second-order valence-corrected chi connectivity index (χ2v) is 15.0. The Balaban J connectivity index is 0.000000271. The lowest BCUT2D eigenvalue weighted by Gasteiger charge is -2.37. The Hall–Kier alpha value is -3.86. The number of aromatic nitrogens is 3. The van der Waals surface area contributed by atoms with Crippen LogP contribution in [0.3, 0.4) is 0 Å². The summed E-state index contributed by atoms with van der Waals surface area (Å²) in [7, 11) is 0. The first-order chi connectivity index (χ1) is 25.3. The number of imidazole rings is 1. The maximum Gasteiger partial charge on any atom is 0.268 e. The van der Waals surface area contributed by atoms with Crippen LogP contribution in [0.25, 0.3) is 33.4 Å². The van der Waals surface area contributed by atoms with E-state index in [1.165, 1.54) is 6.42 Å². The number of rotatable bonds is 7. The number of likely N-dealkylation sites (tertiary alicyclic amines) is 1. The molecule has 3 fully saturated rings. The first kappa shape index (κ1) is 36.5. The van der Waals surface area contributed by atoms with Crippen molar-refractivity contribution in [1.82, 2.24) is 30.1 Å². The van der Waals surface area contributed by atoms with Gasteiger partial charge in [-0.25, -0.2) is 4.98 Å². The molecule has 12 heteroatoms. The average molecular weight is 762 g/mol. The van der Waals surface area contributed by atoms with Gasteiger partial charge in [0.2, 0.25) is 5.91 Å². The highest BCUT2D eigenvalue weighted by atomic mass is 35.5. The van der Waals surface area contributed by atoms with Crippen molar-refractivity contribution in [2.24, 2.45) is 0 Å². The lowest BCUT2D eigenvalue weighted by atomic mass is 9.99. The summed E-state index contributed by atoms with van der Waals surface area (Å²) in [4.78, 5) is 35.7. The second kappa shape index (κ2) is 16.4. The SMILES string of the molecule is CC(c1ccc(Cl)cc1Cl)n1cnc(-c2ccccc2)c1-c1c(C(=O)NC2CCOC2)[nH]c2cc(Cl)ccc12.O=C1CCCCN1C1CCNCC1. The molecule has 0 radical (unpaired) electrons. The molecule has 5 aromatic rings. The number of hydrogen-bond acceptors (Lipinski definition) is 5. The van der Waals surface area contributed by atoms with Crippen molar-refractivity contribution < 1.29 is 14.3 Å². The van der Waals surface area contributed by atoms with Crippen molar-refractivity contribution in [1.29, 1.82) is 0 Å².